The highest BCUT2D eigenvalue weighted by Gasteiger charge is 2.34. The van der Waals surface area contributed by atoms with Gasteiger partial charge in [0.2, 0.25) is 11.8 Å². The lowest BCUT2D eigenvalue weighted by atomic mass is 10.1. The van der Waals surface area contributed by atoms with Crippen molar-refractivity contribution in [3.8, 4) is 5.75 Å². The van der Waals surface area contributed by atoms with Crippen LogP contribution in [-0.2, 0) is 26.2 Å². The van der Waals surface area contributed by atoms with Gasteiger partial charge in [0.15, 0.2) is 0 Å². The molecular weight excluding hydrogens is 608 g/mol. The molecule has 0 saturated heterocycles. The first kappa shape index (κ1) is 34.3. The van der Waals surface area contributed by atoms with Gasteiger partial charge in [0, 0.05) is 29.7 Å². The number of rotatable bonds is 14. The number of sulfonamides is 1. The van der Waals surface area contributed by atoms with E-state index in [9.17, 15) is 28.1 Å². The lowest BCUT2D eigenvalue weighted by Gasteiger charge is -2.33. The van der Waals surface area contributed by atoms with Gasteiger partial charge in [0.1, 0.15) is 18.3 Å². The van der Waals surface area contributed by atoms with Crippen molar-refractivity contribution in [3.05, 3.63) is 93.0 Å². The molecule has 0 saturated carbocycles. The summed E-state index contributed by atoms with van der Waals surface area (Å²) in [4.78, 5) is 39.4. The Morgan fingerprint density at radius 3 is 2.23 bits per heavy atom. The zero-order valence-electron chi connectivity index (χ0n) is 25.3. The number of benzene rings is 3. The van der Waals surface area contributed by atoms with Crippen LogP contribution in [0.3, 0.4) is 0 Å². The van der Waals surface area contributed by atoms with E-state index >= 15 is 0 Å². The average molecular weight is 645 g/mol. The van der Waals surface area contributed by atoms with Gasteiger partial charge >= 0.3 is 0 Å². The highest BCUT2D eigenvalue weighted by Crippen LogP contribution is 2.29. The SMILES string of the molecule is CC[C@H](C(=O)NCC(C)C)N(Cc1ccc(Cl)cc1)C(=O)CN(c1ccc(OC)cc1)S(=O)(=O)c1ccc(C)c([N+](=O)[O-])c1. The highest BCUT2D eigenvalue weighted by atomic mass is 35.5. The molecule has 2 amide bonds. The molecule has 3 aromatic rings. The van der Waals surface area contributed by atoms with E-state index < -0.39 is 33.4 Å². The number of carbonyl (C=O) groups is 2. The first-order chi connectivity index (χ1) is 20.8. The Balaban J connectivity index is 2.10. The van der Waals surface area contributed by atoms with E-state index in [0.29, 0.717) is 22.9 Å². The maximum atomic E-state index is 14.2. The van der Waals surface area contributed by atoms with Crippen LogP contribution in [0.2, 0.25) is 5.02 Å². The van der Waals surface area contributed by atoms with Gasteiger partial charge in [0.25, 0.3) is 15.7 Å². The molecule has 236 valence electrons. The summed E-state index contributed by atoms with van der Waals surface area (Å²) in [6.45, 7) is 6.90. The van der Waals surface area contributed by atoms with Crippen LogP contribution >= 0.6 is 11.6 Å². The van der Waals surface area contributed by atoms with Crippen molar-refractivity contribution in [1.29, 1.82) is 0 Å². The van der Waals surface area contributed by atoms with E-state index in [1.54, 1.807) is 43.3 Å². The lowest BCUT2D eigenvalue weighted by Crippen LogP contribution is -2.52. The van der Waals surface area contributed by atoms with E-state index in [2.05, 4.69) is 5.32 Å². The zero-order chi connectivity index (χ0) is 32.6. The number of carbonyl (C=O) groups excluding carboxylic acids is 2. The fraction of sp³-hybridized carbons (Fsp3) is 0.355. The molecule has 1 N–H and O–H groups in total. The summed E-state index contributed by atoms with van der Waals surface area (Å²) in [5, 5.41) is 15.0. The number of hydrogen-bond acceptors (Lipinski definition) is 7. The second kappa shape index (κ2) is 15.0. The predicted octanol–water partition coefficient (Wildman–Crippen LogP) is 5.34. The summed E-state index contributed by atoms with van der Waals surface area (Å²) in [6, 6.07) is 15.5. The number of halogens is 1. The minimum atomic E-state index is -4.51. The van der Waals surface area contributed by atoms with Crippen molar-refractivity contribution >= 4 is 44.8 Å². The molecule has 0 aliphatic carbocycles. The van der Waals surface area contributed by atoms with Crippen LogP contribution in [0.15, 0.2) is 71.6 Å². The summed E-state index contributed by atoms with van der Waals surface area (Å²) in [5.41, 5.74) is 0.731. The number of aryl methyl sites for hydroxylation is 1. The van der Waals surface area contributed by atoms with Gasteiger partial charge < -0.3 is 15.0 Å². The molecule has 0 radical (unpaired) electrons. The Hall–Kier alpha value is -4.16. The van der Waals surface area contributed by atoms with Crippen LogP contribution in [-0.4, -0.2) is 56.3 Å². The Kier molecular flexibility index (Phi) is 11.7. The standard InChI is InChI=1S/C31H37ClN4O7S/c1-6-28(31(38)33-18-21(2)3)34(19-23-8-10-24(32)11-9-23)30(37)20-35(25-12-14-26(43-5)15-13-25)44(41,42)27-16-7-22(4)29(17-27)36(39)40/h7-17,21,28H,6,18-20H2,1-5H3,(H,33,38)/t28-/m1/s1. The number of hydrogen-bond donors (Lipinski definition) is 1. The molecule has 0 aromatic heterocycles. The third-order valence-corrected chi connectivity index (χ3v) is 8.96. The molecule has 1 atom stereocenters. The molecule has 3 rings (SSSR count). The summed E-state index contributed by atoms with van der Waals surface area (Å²) in [7, 11) is -3.04. The van der Waals surface area contributed by atoms with Gasteiger partial charge in [-0.2, -0.15) is 0 Å². The normalized spacial score (nSPS) is 12.0. The van der Waals surface area contributed by atoms with Gasteiger partial charge in [-0.25, -0.2) is 8.42 Å². The largest absolute Gasteiger partial charge is 0.497 e. The first-order valence-corrected chi connectivity index (χ1v) is 15.8. The second-order valence-corrected chi connectivity index (χ2v) is 12.9. The Bertz CT molecular complexity index is 1580. The van der Waals surface area contributed by atoms with E-state index in [1.165, 1.54) is 43.2 Å². The topological polar surface area (TPSA) is 139 Å². The molecule has 11 nitrogen and oxygen atoms in total. The molecule has 0 aliphatic heterocycles. The molecule has 13 heteroatoms. The number of ether oxygens (including phenoxy) is 1. The smallest absolute Gasteiger partial charge is 0.273 e. The Morgan fingerprint density at radius 1 is 1.05 bits per heavy atom. The summed E-state index contributed by atoms with van der Waals surface area (Å²) in [6.07, 6.45) is 0.267. The quantitative estimate of drug-likeness (QED) is 0.185. The third kappa shape index (κ3) is 8.48. The Morgan fingerprint density at radius 2 is 1.68 bits per heavy atom. The van der Waals surface area contributed by atoms with E-state index in [-0.39, 0.29) is 46.6 Å². The van der Waals surface area contributed by atoms with Gasteiger partial charge in [-0.3, -0.25) is 24.0 Å². The van der Waals surface area contributed by atoms with E-state index in [0.717, 1.165) is 10.4 Å². The van der Waals surface area contributed by atoms with E-state index in [4.69, 9.17) is 16.3 Å². The van der Waals surface area contributed by atoms with Crippen molar-refractivity contribution in [2.45, 2.75) is 51.6 Å². The summed E-state index contributed by atoms with van der Waals surface area (Å²) in [5.74, 6) is -0.379. The number of nitrogens with one attached hydrogen (secondary N) is 1. The first-order valence-electron chi connectivity index (χ1n) is 14.0. The number of nitro groups is 1. The number of amides is 2. The number of methoxy groups -OCH3 is 1. The van der Waals surface area contributed by atoms with Gasteiger partial charge in [-0.1, -0.05) is 50.6 Å². The third-order valence-electron chi connectivity index (χ3n) is 6.94. The molecule has 0 unspecified atom stereocenters. The monoisotopic (exact) mass is 644 g/mol. The molecule has 0 aliphatic rings. The van der Waals surface area contributed by atoms with Crippen molar-refractivity contribution < 1.29 is 27.7 Å². The van der Waals surface area contributed by atoms with E-state index in [1.807, 2.05) is 13.8 Å². The van der Waals surface area contributed by atoms with Crippen molar-refractivity contribution in [3.63, 3.8) is 0 Å². The molecular formula is C31H37ClN4O7S. The Labute approximate surface area is 263 Å². The van der Waals surface area contributed by atoms with Crippen molar-refractivity contribution in [1.82, 2.24) is 10.2 Å². The second-order valence-electron chi connectivity index (χ2n) is 10.6. The predicted molar refractivity (Wildman–Crippen MR) is 169 cm³/mol. The fourth-order valence-electron chi connectivity index (χ4n) is 4.48. The molecule has 0 bridgehead atoms. The van der Waals surface area contributed by atoms with Crippen LogP contribution in [0.1, 0.15) is 38.3 Å². The van der Waals surface area contributed by atoms with Gasteiger partial charge in [-0.05, 0) is 67.3 Å². The van der Waals surface area contributed by atoms with Gasteiger partial charge in [0.05, 0.1) is 22.6 Å². The minimum absolute atomic E-state index is 0.0100. The van der Waals surface area contributed by atoms with Crippen molar-refractivity contribution in [2.75, 3.05) is 24.5 Å². The van der Waals surface area contributed by atoms with Crippen LogP contribution in [0, 0.1) is 23.0 Å². The number of nitrogens with zero attached hydrogens (tertiary/aromatic N) is 3. The highest BCUT2D eigenvalue weighted by molar-refractivity contribution is 7.92. The molecule has 3 aromatic carbocycles. The minimum Gasteiger partial charge on any atom is -0.497 e. The summed E-state index contributed by atoms with van der Waals surface area (Å²) < 4.78 is 34.3. The average Bonchev–Trinajstić information content (AvgIpc) is 2.99. The maximum Gasteiger partial charge on any atom is 0.273 e. The lowest BCUT2D eigenvalue weighted by molar-refractivity contribution is -0.385. The summed E-state index contributed by atoms with van der Waals surface area (Å²) >= 11 is 6.06. The number of anilines is 1. The van der Waals surface area contributed by atoms with Crippen LogP contribution in [0.4, 0.5) is 11.4 Å². The van der Waals surface area contributed by atoms with Crippen molar-refractivity contribution in [2.24, 2.45) is 5.92 Å². The van der Waals surface area contributed by atoms with Crippen LogP contribution in [0.5, 0.6) is 5.75 Å². The van der Waals surface area contributed by atoms with Crippen LogP contribution in [0.25, 0.3) is 0 Å². The molecule has 0 fully saturated rings. The zero-order valence-corrected chi connectivity index (χ0v) is 26.9. The molecule has 44 heavy (non-hydrogen) atoms. The molecule has 0 spiro atoms. The number of nitro benzene ring substituents is 1. The van der Waals surface area contributed by atoms with Crippen LogP contribution < -0.4 is 14.4 Å². The molecule has 0 heterocycles. The maximum absolute atomic E-state index is 14.2. The fourth-order valence-corrected chi connectivity index (χ4v) is 6.04. The van der Waals surface area contributed by atoms with Gasteiger partial charge in [-0.15, -0.1) is 0 Å².